The van der Waals surface area contributed by atoms with Crippen molar-refractivity contribution < 1.29 is 28.7 Å². The zero-order valence-corrected chi connectivity index (χ0v) is 24.8. The Morgan fingerprint density at radius 1 is 0.692 bits per heavy atom. The summed E-state index contributed by atoms with van der Waals surface area (Å²) in [6.07, 6.45) is 22.1. The summed E-state index contributed by atoms with van der Waals surface area (Å²) in [5.74, 6) is -1.36. The third-order valence-electron chi connectivity index (χ3n) is 7.07. The molecule has 0 aromatic heterocycles. The van der Waals surface area contributed by atoms with E-state index in [1.54, 1.807) is 0 Å². The van der Waals surface area contributed by atoms with Crippen molar-refractivity contribution in [2.24, 2.45) is 0 Å². The quantitative estimate of drug-likeness (QED) is 0.0748. The molecule has 0 atom stereocenters. The van der Waals surface area contributed by atoms with E-state index in [1.807, 2.05) is 4.90 Å². The Hall–Kier alpha value is -2.22. The first-order chi connectivity index (χ1) is 19.0. The first-order valence-corrected chi connectivity index (χ1v) is 15.5. The maximum atomic E-state index is 12.8. The summed E-state index contributed by atoms with van der Waals surface area (Å²) in [5, 5.41) is 0. The molecule has 0 saturated carbocycles. The Balaban J connectivity index is 2.25. The number of ether oxygens (including phenoxy) is 2. The summed E-state index contributed by atoms with van der Waals surface area (Å²) in [4.78, 5) is 50.7. The molecule has 3 amide bonds. The van der Waals surface area contributed by atoms with E-state index in [0.29, 0.717) is 0 Å². The molecule has 0 unspecified atom stereocenters. The Bertz CT molecular complexity index is 686. The van der Waals surface area contributed by atoms with Gasteiger partial charge in [-0.3, -0.25) is 24.1 Å². The predicted octanol–water partition coefficient (Wildman–Crippen LogP) is 5.97. The van der Waals surface area contributed by atoms with Crippen LogP contribution in [-0.2, 0) is 28.7 Å². The minimum Gasteiger partial charge on any atom is -0.463 e. The number of esters is 1. The van der Waals surface area contributed by atoms with Crippen molar-refractivity contribution in [1.29, 1.82) is 0 Å². The number of carbonyl (C=O) groups is 4. The van der Waals surface area contributed by atoms with Gasteiger partial charge in [0, 0.05) is 31.8 Å². The summed E-state index contributed by atoms with van der Waals surface area (Å²) in [6.45, 7) is 6.14. The van der Waals surface area contributed by atoms with E-state index in [-0.39, 0.29) is 38.7 Å². The third kappa shape index (κ3) is 17.9. The number of amides is 3. The molecule has 0 aliphatic carbocycles. The standard InChI is InChI=1S/C31H54N2O6/c1-3-5-7-9-11-13-15-17-22-32(23-18-16-14-12-10-8-6-4-2)30(36)27-38-25-26-39-31(37)21-24-33-28(34)19-20-29(33)35/h19-20H,3-18,21-27H2,1-2H3. The van der Waals surface area contributed by atoms with Crippen LogP contribution in [0.5, 0.6) is 0 Å². The van der Waals surface area contributed by atoms with Crippen LogP contribution in [0.15, 0.2) is 12.2 Å². The van der Waals surface area contributed by atoms with Gasteiger partial charge in [-0.1, -0.05) is 104 Å². The molecule has 0 saturated heterocycles. The number of unbranched alkanes of at least 4 members (excludes halogenated alkanes) is 14. The Morgan fingerprint density at radius 3 is 1.64 bits per heavy atom. The van der Waals surface area contributed by atoms with E-state index in [4.69, 9.17) is 9.47 Å². The van der Waals surface area contributed by atoms with Gasteiger partial charge >= 0.3 is 5.97 Å². The minimum atomic E-state index is -0.511. The van der Waals surface area contributed by atoms with Crippen LogP contribution in [0.2, 0.25) is 0 Å². The van der Waals surface area contributed by atoms with Crippen molar-refractivity contribution in [3.63, 3.8) is 0 Å². The van der Waals surface area contributed by atoms with E-state index < -0.39 is 17.8 Å². The number of hydrogen-bond acceptors (Lipinski definition) is 6. The van der Waals surface area contributed by atoms with Crippen molar-refractivity contribution in [2.45, 2.75) is 123 Å². The molecule has 0 bridgehead atoms. The monoisotopic (exact) mass is 550 g/mol. The number of nitrogens with zero attached hydrogens (tertiary/aromatic N) is 2. The maximum Gasteiger partial charge on any atom is 0.307 e. The number of hydrogen-bond donors (Lipinski definition) is 0. The van der Waals surface area contributed by atoms with Crippen molar-refractivity contribution in [3.05, 3.63) is 12.2 Å². The molecule has 0 aromatic carbocycles. The van der Waals surface area contributed by atoms with Gasteiger partial charge in [0.1, 0.15) is 13.2 Å². The molecule has 1 heterocycles. The second kappa shape index (κ2) is 23.6. The van der Waals surface area contributed by atoms with Gasteiger partial charge in [0.05, 0.1) is 13.0 Å². The first kappa shape index (κ1) is 34.8. The molecule has 0 fully saturated rings. The Morgan fingerprint density at radius 2 is 1.15 bits per heavy atom. The molecule has 0 radical (unpaired) electrons. The average molecular weight is 551 g/mol. The average Bonchev–Trinajstić information content (AvgIpc) is 3.25. The van der Waals surface area contributed by atoms with Crippen LogP contribution in [-0.4, -0.2) is 72.9 Å². The van der Waals surface area contributed by atoms with E-state index in [9.17, 15) is 19.2 Å². The first-order valence-electron chi connectivity index (χ1n) is 15.5. The summed E-state index contributed by atoms with van der Waals surface area (Å²) >= 11 is 0. The molecule has 8 heteroatoms. The van der Waals surface area contributed by atoms with Crippen LogP contribution in [0.4, 0.5) is 0 Å². The third-order valence-corrected chi connectivity index (χ3v) is 7.07. The Kier molecular flexibility index (Phi) is 21.1. The van der Waals surface area contributed by atoms with E-state index >= 15 is 0 Å². The summed E-state index contributed by atoms with van der Waals surface area (Å²) in [5.41, 5.74) is 0. The molecule has 224 valence electrons. The lowest BCUT2D eigenvalue weighted by atomic mass is 10.1. The van der Waals surface area contributed by atoms with Crippen molar-refractivity contribution in [1.82, 2.24) is 9.80 Å². The molecule has 1 aliphatic heterocycles. The normalized spacial score (nSPS) is 12.9. The van der Waals surface area contributed by atoms with Gasteiger partial charge in [0.15, 0.2) is 0 Å². The fraction of sp³-hybridized carbons (Fsp3) is 0.806. The minimum absolute atomic E-state index is 0.00468. The highest BCUT2D eigenvalue weighted by atomic mass is 16.6. The molecular weight excluding hydrogens is 496 g/mol. The van der Waals surface area contributed by atoms with Crippen LogP contribution in [0.25, 0.3) is 0 Å². The molecule has 39 heavy (non-hydrogen) atoms. The molecule has 1 rings (SSSR count). The number of carbonyl (C=O) groups excluding carboxylic acids is 4. The van der Waals surface area contributed by atoms with Gasteiger partial charge in [-0.25, -0.2) is 0 Å². The maximum absolute atomic E-state index is 12.8. The number of imide groups is 1. The van der Waals surface area contributed by atoms with Crippen LogP contribution < -0.4 is 0 Å². The van der Waals surface area contributed by atoms with Gasteiger partial charge in [0.25, 0.3) is 11.8 Å². The van der Waals surface area contributed by atoms with Crippen LogP contribution in [0, 0.1) is 0 Å². The van der Waals surface area contributed by atoms with Gasteiger partial charge in [-0.2, -0.15) is 0 Å². The SMILES string of the molecule is CCCCCCCCCCN(CCCCCCCCCC)C(=O)COCCOC(=O)CCN1C(=O)C=CC1=O. The fourth-order valence-corrected chi connectivity index (χ4v) is 4.63. The van der Waals surface area contributed by atoms with Crippen molar-refractivity contribution >= 4 is 23.7 Å². The van der Waals surface area contributed by atoms with Gasteiger partial charge in [-0.15, -0.1) is 0 Å². The lowest BCUT2D eigenvalue weighted by Crippen LogP contribution is -2.36. The summed E-state index contributed by atoms with van der Waals surface area (Å²) < 4.78 is 10.6. The van der Waals surface area contributed by atoms with Crippen LogP contribution in [0.3, 0.4) is 0 Å². The molecule has 0 spiro atoms. The molecule has 1 aliphatic rings. The highest BCUT2D eigenvalue weighted by Gasteiger charge is 2.23. The smallest absolute Gasteiger partial charge is 0.307 e. The predicted molar refractivity (Wildman–Crippen MR) is 154 cm³/mol. The van der Waals surface area contributed by atoms with Gasteiger partial charge in [-0.05, 0) is 12.8 Å². The molecule has 0 N–H and O–H groups in total. The van der Waals surface area contributed by atoms with Crippen molar-refractivity contribution in [2.75, 3.05) is 39.5 Å². The largest absolute Gasteiger partial charge is 0.463 e. The lowest BCUT2D eigenvalue weighted by Gasteiger charge is -2.23. The van der Waals surface area contributed by atoms with Gasteiger partial charge in [0.2, 0.25) is 5.91 Å². The van der Waals surface area contributed by atoms with Gasteiger partial charge < -0.3 is 14.4 Å². The van der Waals surface area contributed by atoms with Crippen molar-refractivity contribution in [3.8, 4) is 0 Å². The fourth-order valence-electron chi connectivity index (χ4n) is 4.63. The Labute approximate surface area is 236 Å². The van der Waals surface area contributed by atoms with Crippen LogP contribution in [0.1, 0.15) is 123 Å². The molecule has 8 nitrogen and oxygen atoms in total. The zero-order chi connectivity index (χ0) is 28.6. The van der Waals surface area contributed by atoms with E-state index in [0.717, 1.165) is 43.7 Å². The summed E-state index contributed by atoms with van der Waals surface area (Å²) in [6, 6.07) is 0. The summed E-state index contributed by atoms with van der Waals surface area (Å²) in [7, 11) is 0. The van der Waals surface area contributed by atoms with E-state index in [2.05, 4.69) is 13.8 Å². The number of rotatable bonds is 26. The zero-order valence-electron chi connectivity index (χ0n) is 24.8. The molecular formula is C31H54N2O6. The highest BCUT2D eigenvalue weighted by Crippen LogP contribution is 2.12. The second-order valence-corrected chi connectivity index (χ2v) is 10.5. The topological polar surface area (TPSA) is 93.2 Å². The second-order valence-electron chi connectivity index (χ2n) is 10.5. The molecule has 0 aromatic rings. The highest BCUT2D eigenvalue weighted by molar-refractivity contribution is 6.12. The van der Waals surface area contributed by atoms with E-state index in [1.165, 1.54) is 89.2 Å². The van der Waals surface area contributed by atoms with Crippen LogP contribution >= 0.6 is 0 Å². The lowest BCUT2D eigenvalue weighted by molar-refractivity contribution is -0.147.